The van der Waals surface area contributed by atoms with Crippen molar-refractivity contribution in [1.82, 2.24) is 5.32 Å². The molecule has 0 atom stereocenters. The van der Waals surface area contributed by atoms with Gasteiger partial charge in [-0.3, -0.25) is 10.1 Å². The molecule has 1 heterocycles. The van der Waals surface area contributed by atoms with Gasteiger partial charge in [0, 0.05) is 17.8 Å². The lowest BCUT2D eigenvalue weighted by Gasteiger charge is -2.11. The quantitative estimate of drug-likeness (QED) is 0.374. The Balaban J connectivity index is 1.60. The van der Waals surface area contributed by atoms with Gasteiger partial charge in [-0.2, -0.15) is 0 Å². The van der Waals surface area contributed by atoms with Gasteiger partial charge in [0.1, 0.15) is 11.3 Å². The fourth-order valence-corrected chi connectivity index (χ4v) is 3.09. The third-order valence-electron chi connectivity index (χ3n) is 4.39. The number of nitrogens with one attached hydrogen (secondary N) is 2. The summed E-state index contributed by atoms with van der Waals surface area (Å²) in [5.74, 6) is -0.163. The predicted octanol–water partition coefficient (Wildman–Crippen LogP) is 5.28. The van der Waals surface area contributed by atoms with Gasteiger partial charge in [-0.1, -0.05) is 25.8 Å². The second kappa shape index (κ2) is 10.1. The highest BCUT2D eigenvalue weighted by atomic mass is 32.1. The van der Waals surface area contributed by atoms with Crippen LogP contribution in [0.15, 0.2) is 46.9 Å². The van der Waals surface area contributed by atoms with Crippen molar-refractivity contribution in [1.29, 1.82) is 0 Å². The van der Waals surface area contributed by atoms with Gasteiger partial charge in [0.2, 0.25) is 0 Å². The Morgan fingerprint density at radius 3 is 2.73 bits per heavy atom. The molecule has 0 saturated carbocycles. The molecule has 0 radical (unpaired) electrons. The van der Waals surface area contributed by atoms with Gasteiger partial charge in [-0.15, -0.1) is 0 Å². The molecule has 1 amide bonds. The molecule has 0 aliphatic rings. The molecule has 1 aromatic heterocycles. The first-order chi connectivity index (χ1) is 14.5. The van der Waals surface area contributed by atoms with Crippen molar-refractivity contribution >= 4 is 39.9 Å². The summed E-state index contributed by atoms with van der Waals surface area (Å²) in [6.07, 6.45) is 2.98. The van der Waals surface area contributed by atoms with E-state index in [0.29, 0.717) is 29.0 Å². The van der Waals surface area contributed by atoms with Gasteiger partial charge < -0.3 is 19.2 Å². The predicted molar refractivity (Wildman–Crippen MR) is 118 cm³/mol. The van der Waals surface area contributed by atoms with Crippen molar-refractivity contribution in [2.75, 3.05) is 19.0 Å². The first kappa shape index (κ1) is 21.6. The van der Waals surface area contributed by atoms with E-state index in [-0.39, 0.29) is 16.6 Å². The summed E-state index contributed by atoms with van der Waals surface area (Å²) in [5.41, 5.74) is 0.917. The Morgan fingerprint density at radius 1 is 1.17 bits per heavy atom. The highest BCUT2D eigenvalue weighted by molar-refractivity contribution is 7.80. The molecule has 6 nitrogen and oxygen atoms in total. The SMILES string of the molecule is CCCCCOc1ccc(NC(=S)NC(=O)c2cc3c(OC)cccc3o2)cc1F. The summed E-state index contributed by atoms with van der Waals surface area (Å²) in [6, 6.07) is 11.3. The molecule has 0 aliphatic carbocycles. The summed E-state index contributed by atoms with van der Waals surface area (Å²) in [5, 5.41) is 6.00. The van der Waals surface area contributed by atoms with Crippen molar-refractivity contribution in [3.8, 4) is 11.5 Å². The number of unbranched alkanes of at least 4 members (excludes halogenated alkanes) is 2. The lowest BCUT2D eigenvalue weighted by molar-refractivity contribution is 0.0953. The Bertz CT molecular complexity index is 1050. The molecule has 2 aromatic carbocycles. The van der Waals surface area contributed by atoms with E-state index in [0.717, 1.165) is 19.3 Å². The summed E-state index contributed by atoms with van der Waals surface area (Å²) in [6.45, 7) is 2.56. The second-order valence-electron chi connectivity index (χ2n) is 6.59. The fourth-order valence-electron chi connectivity index (χ4n) is 2.88. The number of hydrogen-bond donors (Lipinski definition) is 2. The van der Waals surface area contributed by atoms with Crippen LogP contribution in [-0.4, -0.2) is 24.7 Å². The number of ether oxygens (including phenoxy) is 2. The van der Waals surface area contributed by atoms with E-state index >= 15 is 0 Å². The van der Waals surface area contributed by atoms with Gasteiger partial charge >= 0.3 is 0 Å². The summed E-state index contributed by atoms with van der Waals surface area (Å²) in [7, 11) is 1.54. The van der Waals surface area contributed by atoms with Crippen LogP contribution in [0.5, 0.6) is 11.5 Å². The van der Waals surface area contributed by atoms with Crippen LogP contribution < -0.4 is 20.1 Å². The Morgan fingerprint density at radius 2 is 2.00 bits per heavy atom. The first-order valence-corrected chi connectivity index (χ1v) is 10.0. The zero-order valence-corrected chi connectivity index (χ0v) is 17.6. The number of benzene rings is 2. The molecule has 3 rings (SSSR count). The van der Waals surface area contributed by atoms with E-state index in [9.17, 15) is 9.18 Å². The lowest BCUT2D eigenvalue weighted by atomic mass is 10.2. The highest BCUT2D eigenvalue weighted by Crippen LogP contribution is 2.28. The van der Waals surface area contributed by atoms with Crippen LogP contribution in [0.25, 0.3) is 11.0 Å². The zero-order valence-electron chi connectivity index (χ0n) is 16.8. The third-order valence-corrected chi connectivity index (χ3v) is 4.59. The fraction of sp³-hybridized carbons (Fsp3) is 0.273. The Labute approximate surface area is 179 Å². The summed E-state index contributed by atoms with van der Waals surface area (Å²) < 4.78 is 30.5. The molecular formula is C22H23FN2O4S. The number of fused-ring (bicyclic) bond motifs is 1. The van der Waals surface area contributed by atoms with Crippen LogP contribution in [0.2, 0.25) is 0 Å². The molecule has 3 aromatic rings. The molecule has 0 aliphatic heterocycles. The van der Waals surface area contributed by atoms with Crippen molar-refractivity contribution in [2.24, 2.45) is 0 Å². The minimum Gasteiger partial charge on any atom is -0.496 e. The first-order valence-electron chi connectivity index (χ1n) is 9.63. The van der Waals surface area contributed by atoms with E-state index < -0.39 is 11.7 Å². The molecular weight excluding hydrogens is 407 g/mol. The minimum atomic E-state index is -0.526. The maximum absolute atomic E-state index is 14.2. The molecule has 158 valence electrons. The third kappa shape index (κ3) is 5.27. The van der Waals surface area contributed by atoms with E-state index in [1.165, 1.54) is 12.1 Å². The summed E-state index contributed by atoms with van der Waals surface area (Å²) >= 11 is 5.15. The smallest absolute Gasteiger partial charge is 0.293 e. The maximum atomic E-state index is 14.2. The minimum absolute atomic E-state index is 0.0171. The van der Waals surface area contributed by atoms with Crippen LogP contribution in [0.4, 0.5) is 10.1 Å². The molecule has 0 saturated heterocycles. The number of carbonyl (C=O) groups is 1. The number of halogens is 1. The largest absolute Gasteiger partial charge is 0.496 e. The number of hydrogen-bond acceptors (Lipinski definition) is 5. The van der Waals surface area contributed by atoms with Crippen LogP contribution in [0.3, 0.4) is 0 Å². The average Bonchev–Trinajstić information content (AvgIpc) is 3.17. The van der Waals surface area contributed by atoms with Crippen LogP contribution in [0.1, 0.15) is 36.7 Å². The highest BCUT2D eigenvalue weighted by Gasteiger charge is 2.16. The molecule has 0 spiro atoms. The van der Waals surface area contributed by atoms with Crippen molar-refractivity contribution < 1.29 is 23.1 Å². The van der Waals surface area contributed by atoms with Gasteiger partial charge in [0.25, 0.3) is 5.91 Å². The molecule has 8 heteroatoms. The van der Waals surface area contributed by atoms with Crippen molar-refractivity contribution in [2.45, 2.75) is 26.2 Å². The van der Waals surface area contributed by atoms with Crippen LogP contribution in [0, 0.1) is 5.82 Å². The van der Waals surface area contributed by atoms with E-state index in [2.05, 4.69) is 17.6 Å². The molecule has 0 unspecified atom stereocenters. The van der Waals surface area contributed by atoms with Gasteiger partial charge in [-0.25, -0.2) is 4.39 Å². The van der Waals surface area contributed by atoms with E-state index in [1.807, 2.05) is 0 Å². The van der Waals surface area contributed by atoms with Gasteiger partial charge in [-0.05, 0) is 42.9 Å². The van der Waals surface area contributed by atoms with Gasteiger partial charge in [0.15, 0.2) is 22.4 Å². The van der Waals surface area contributed by atoms with Crippen molar-refractivity contribution in [3.05, 3.63) is 54.0 Å². The number of carbonyl (C=O) groups excluding carboxylic acids is 1. The lowest BCUT2D eigenvalue weighted by Crippen LogP contribution is -2.33. The molecule has 30 heavy (non-hydrogen) atoms. The number of amides is 1. The Hall–Kier alpha value is -3.13. The van der Waals surface area contributed by atoms with Crippen LogP contribution in [-0.2, 0) is 0 Å². The second-order valence-corrected chi connectivity index (χ2v) is 7.00. The average molecular weight is 431 g/mol. The maximum Gasteiger partial charge on any atom is 0.293 e. The zero-order chi connectivity index (χ0) is 21.5. The normalized spacial score (nSPS) is 10.6. The van der Waals surface area contributed by atoms with Crippen LogP contribution >= 0.6 is 12.2 Å². The number of methoxy groups -OCH3 is 1. The monoisotopic (exact) mass is 430 g/mol. The Kier molecular flexibility index (Phi) is 7.24. The van der Waals surface area contributed by atoms with E-state index in [1.54, 1.807) is 37.4 Å². The topological polar surface area (TPSA) is 72.7 Å². The number of rotatable bonds is 8. The van der Waals surface area contributed by atoms with Crippen molar-refractivity contribution in [3.63, 3.8) is 0 Å². The number of thiocarbonyl (C=S) groups is 1. The van der Waals surface area contributed by atoms with E-state index in [4.69, 9.17) is 26.1 Å². The number of furan rings is 1. The van der Waals surface area contributed by atoms with Gasteiger partial charge in [0.05, 0.1) is 19.1 Å². The number of anilines is 1. The molecule has 0 fully saturated rings. The molecule has 0 bridgehead atoms. The standard InChI is InChI=1S/C22H23FN2O4S/c1-3-4-5-11-28-19-10-9-14(12-16(19)23)24-22(30)25-21(26)20-13-15-17(27-2)7-6-8-18(15)29-20/h6-10,12-13H,3-5,11H2,1-2H3,(H2,24,25,26,30). The summed E-state index contributed by atoms with van der Waals surface area (Å²) in [4.78, 5) is 12.4. The molecule has 2 N–H and O–H groups in total.